The third-order valence-corrected chi connectivity index (χ3v) is 5.37. The normalized spacial score (nSPS) is 16.4. The highest BCUT2D eigenvalue weighted by atomic mass is 35.5. The highest BCUT2D eigenvalue weighted by molar-refractivity contribution is 6.42. The Morgan fingerprint density at radius 3 is 2.77 bits per heavy atom. The van der Waals surface area contributed by atoms with Crippen LogP contribution in [-0.2, 0) is 11.2 Å². The number of carbonyl (C=O) groups excluding carboxylic acids is 1. The van der Waals surface area contributed by atoms with Crippen molar-refractivity contribution in [3.8, 4) is 5.69 Å². The van der Waals surface area contributed by atoms with Gasteiger partial charge >= 0.3 is 0 Å². The average Bonchev–Trinajstić information content (AvgIpc) is 3.19. The lowest BCUT2D eigenvalue weighted by Crippen LogP contribution is -2.37. The summed E-state index contributed by atoms with van der Waals surface area (Å²) in [5, 5.41) is 11.9. The van der Waals surface area contributed by atoms with Gasteiger partial charge in [0.05, 0.1) is 27.8 Å². The van der Waals surface area contributed by atoms with Crippen molar-refractivity contribution in [2.75, 3.05) is 13.1 Å². The van der Waals surface area contributed by atoms with Gasteiger partial charge in [-0.25, -0.2) is 4.68 Å². The topological polar surface area (TPSA) is 59.0 Å². The number of aryl methyl sites for hydroxylation is 1. The molecule has 1 aliphatic rings. The Hall–Kier alpha value is -1.27. The summed E-state index contributed by atoms with van der Waals surface area (Å²) in [7, 11) is 0. The van der Waals surface area contributed by atoms with Crippen LogP contribution in [0.4, 0.5) is 0 Å². The number of carbonyl (C=O) groups is 1. The van der Waals surface area contributed by atoms with Crippen LogP contribution >= 0.6 is 35.6 Å². The van der Waals surface area contributed by atoms with E-state index >= 15 is 0 Å². The summed E-state index contributed by atoms with van der Waals surface area (Å²) in [4.78, 5) is 12.3. The highest BCUT2D eigenvalue weighted by Gasteiger charge is 2.18. The molecule has 0 bridgehead atoms. The molecule has 1 aliphatic heterocycles. The molecule has 1 fully saturated rings. The number of aromatic nitrogens is 2. The molecule has 2 N–H and O–H groups in total. The second kappa shape index (κ2) is 9.09. The van der Waals surface area contributed by atoms with Gasteiger partial charge in [0.2, 0.25) is 5.91 Å². The fourth-order valence-electron chi connectivity index (χ4n) is 3.19. The van der Waals surface area contributed by atoms with Gasteiger partial charge in [0.25, 0.3) is 0 Å². The maximum atomic E-state index is 12.3. The first-order valence-corrected chi connectivity index (χ1v) is 9.22. The Labute approximate surface area is 169 Å². The summed E-state index contributed by atoms with van der Waals surface area (Å²) in [5.41, 5.74) is 3.56. The second-order valence-corrected chi connectivity index (χ2v) is 7.25. The van der Waals surface area contributed by atoms with Crippen molar-refractivity contribution in [3.63, 3.8) is 0 Å². The maximum Gasteiger partial charge on any atom is 0.224 e. The van der Waals surface area contributed by atoms with Gasteiger partial charge in [-0.15, -0.1) is 12.4 Å². The van der Waals surface area contributed by atoms with Crippen molar-refractivity contribution >= 4 is 41.5 Å². The first kappa shape index (κ1) is 21.0. The van der Waals surface area contributed by atoms with Crippen molar-refractivity contribution < 1.29 is 4.79 Å². The minimum absolute atomic E-state index is 0. The van der Waals surface area contributed by atoms with Crippen LogP contribution in [-0.4, -0.2) is 34.8 Å². The van der Waals surface area contributed by atoms with E-state index in [9.17, 15) is 4.79 Å². The minimum Gasteiger partial charge on any atom is -0.354 e. The summed E-state index contributed by atoms with van der Waals surface area (Å²) in [5.74, 6) is 0.0218. The van der Waals surface area contributed by atoms with Gasteiger partial charge < -0.3 is 10.6 Å². The summed E-state index contributed by atoms with van der Waals surface area (Å²) >= 11 is 12.1. The first-order chi connectivity index (χ1) is 12.0. The summed E-state index contributed by atoms with van der Waals surface area (Å²) in [6.07, 6.45) is 2.62. The van der Waals surface area contributed by atoms with Gasteiger partial charge in [0.15, 0.2) is 0 Å². The van der Waals surface area contributed by atoms with Gasteiger partial charge in [-0.1, -0.05) is 23.2 Å². The Bertz CT molecular complexity index is 785. The minimum atomic E-state index is 0. The smallest absolute Gasteiger partial charge is 0.224 e. The average molecular weight is 418 g/mol. The molecule has 1 atom stereocenters. The molecule has 1 aromatic carbocycles. The van der Waals surface area contributed by atoms with Gasteiger partial charge in [0, 0.05) is 23.8 Å². The zero-order valence-corrected chi connectivity index (χ0v) is 17.1. The summed E-state index contributed by atoms with van der Waals surface area (Å²) in [6.45, 7) is 5.60. The van der Waals surface area contributed by atoms with Gasteiger partial charge in [-0.05, 0) is 51.4 Å². The Kier molecular flexibility index (Phi) is 7.35. The number of nitrogens with zero attached hydrogens (tertiary/aromatic N) is 2. The van der Waals surface area contributed by atoms with E-state index < -0.39 is 0 Å². The van der Waals surface area contributed by atoms with Crippen molar-refractivity contribution in [1.29, 1.82) is 0 Å². The molecule has 142 valence electrons. The predicted molar refractivity (Wildman–Crippen MR) is 108 cm³/mol. The van der Waals surface area contributed by atoms with Crippen molar-refractivity contribution in [2.45, 2.75) is 39.2 Å². The van der Waals surface area contributed by atoms with Crippen molar-refractivity contribution in [1.82, 2.24) is 20.4 Å². The molecule has 0 spiro atoms. The predicted octanol–water partition coefficient (Wildman–Crippen LogP) is 3.63. The fourth-order valence-corrected chi connectivity index (χ4v) is 3.48. The quantitative estimate of drug-likeness (QED) is 0.781. The molecule has 1 unspecified atom stereocenters. The molecule has 5 nitrogen and oxygen atoms in total. The zero-order chi connectivity index (χ0) is 18.0. The number of hydrogen-bond acceptors (Lipinski definition) is 3. The summed E-state index contributed by atoms with van der Waals surface area (Å²) < 4.78 is 1.80. The second-order valence-electron chi connectivity index (χ2n) is 6.43. The number of halogens is 3. The van der Waals surface area contributed by atoms with Gasteiger partial charge in [0.1, 0.15) is 0 Å². The highest BCUT2D eigenvalue weighted by Crippen LogP contribution is 2.26. The van der Waals surface area contributed by atoms with E-state index in [4.69, 9.17) is 23.2 Å². The van der Waals surface area contributed by atoms with Crippen LogP contribution in [0.25, 0.3) is 5.69 Å². The molecule has 0 aliphatic carbocycles. The van der Waals surface area contributed by atoms with E-state index in [0.29, 0.717) is 29.1 Å². The number of benzene rings is 1. The van der Waals surface area contributed by atoms with E-state index in [-0.39, 0.29) is 18.3 Å². The molecular weight excluding hydrogens is 395 g/mol. The Morgan fingerprint density at radius 2 is 2.12 bits per heavy atom. The van der Waals surface area contributed by atoms with Crippen LogP contribution in [0.5, 0.6) is 0 Å². The van der Waals surface area contributed by atoms with E-state index in [1.54, 1.807) is 16.8 Å². The fraction of sp³-hybridized carbons (Fsp3) is 0.444. The first-order valence-electron chi connectivity index (χ1n) is 8.46. The molecule has 3 rings (SSSR count). The van der Waals surface area contributed by atoms with Crippen LogP contribution in [0.15, 0.2) is 18.2 Å². The molecule has 0 radical (unpaired) electrons. The standard InChI is InChI=1S/C18H22Cl2N4O.ClH/c1-11-15(9-18(25)22-10-13-4-3-7-21-13)12(2)24(23-11)14-5-6-16(19)17(20)8-14;/h5-6,8,13,21H,3-4,7,9-10H2,1-2H3,(H,22,25);1H. The molecule has 1 amide bonds. The number of rotatable bonds is 5. The van der Waals surface area contributed by atoms with E-state index in [0.717, 1.165) is 35.6 Å². The summed E-state index contributed by atoms with van der Waals surface area (Å²) in [6, 6.07) is 5.78. The van der Waals surface area contributed by atoms with E-state index in [2.05, 4.69) is 15.7 Å². The molecule has 26 heavy (non-hydrogen) atoms. The lowest BCUT2D eigenvalue weighted by atomic mass is 10.1. The number of nitrogens with one attached hydrogen (secondary N) is 2. The van der Waals surface area contributed by atoms with Crippen LogP contribution in [0.2, 0.25) is 10.0 Å². The zero-order valence-electron chi connectivity index (χ0n) is 14.8. The molecular formula is C18H23Cl3N4O. The molecule has 2 aromatic rings. The van der Waals surface area contributed by atoms with Crippen LogP contribution < -0.4 is 10.6 Å². The third kappa shape index (κ3) is 4.71. The molecule has 2 heterocycles. The SMILES string of the molecule is Cc1nn(-c2ccc(Cl)c(Cl)c2)c(C)c1CC(=O)NCC1CCCN1.Cl. The lowest BCUT2D eigenvalue weighted by Gasteiger charge is -2.11. The number of hydrogen-bond donors (Lipinski definition) is 2. The Morgan fingerprint density at radius 1 is 1.35 bits per heavy atom. The molecule has 0 saturated carbocycles. The molecule has 1 aromatic heterocycles. The van der Waals surface area contributed by atoms with Crippen LogP contribution in [0, 0.1) is 13.8 Å². The van der Waals surface area contributed by atoms with Gasteiger partial charge in [-0.3, -0.25) is 4.79 Å². The molecule has 8 heteroatoms. The van der Waals surface area contributed by atoms with Crippen LogP contribution in [0.3, 0.4) is 0 Å². The molecule has 1 saturated heterocycles. The van der Waals surface area contributed by atoms with Crippen molar-refractivity contribution in [2.24, 2.45) is 0 Å². The Balaban J connectivity index is 0.00000243. The number of amides is 1. The van der Waals surface area contributed by atoms with Crippen molar-refractivity contribution in [3.05, 3.63) is 45.2 Å². The van der Waals surface area contributed by atoms with Crippen LogP contribution in [0.1, 0.15) is 29.8 Å². The van der Waals surface area contributed by atoms with E-state index in [1.807, 2.05) is 19.9 Å². The van der Waals surface area contributed by atoms with E-state index in [1.165, 1.54) is 6.42 Å². The largest absolute Gasteiger partial charge is 0.354 e. The monoisotopic (exact) mass is 416 g/mol. The maximum absolute atomic E-state index is 12.3. The lowest BCUT2D eigenvalue weighted by molar-refractivity contribution is -0.120. The third-order valence-electron chi connectivity index (χ3n) is 4.63. The van der Waals surface area contributed by atoms with Gasteiger partial charge in [-0.2, -0.15) is 5.10 Å².